The zero-order chi connectivity index (χ0) is 16.2. The normalized spacial score (nSPS) is 14.7. The molecule has 1 fully saturated rings. The Kier molecular flexibility index (Phi) is 5.01. The third-order valence-corrected chi connectivity index (χ3v) is 4.75. The molecule has 0 saturated heterocycles. The van der Waals surface area contributed by atoms with Gasteiger partial charge in [0.15, 0.2) is 0 Å². The summed E-state index contributed by atoms with van der Waals surface area (Å²) >= 11 is 3.47. The fourth-order valence-electron chi connectivity index (χ4n) is 2.80. The highest BCUT2D eigenvalue weighted by atomic mass is 79.9. The van der Waals surface area contributed by atoms with Gasteiger partial charge in [0.25, 0.3) is 5.91 Å². The molecule has 0 atom stereocenters. The van der Waals surface area contributed by atoms with Crippen LogP contribution in [0.1, 0.15) is 41.6 Å². The standard InChI is InChI=1S/C19H20BrNO2/c1-13-6-11-18(17(20)12-13)21-19(22)14-7-9-16(10-8-14)23-15-4-2-3-5-15/h6-12,15H,2-5H2,1H3,(H,21,22). The number of rotatable bonds is 4. The summed E-state index contributed by atoms with van der Waals surface area (Å²) in [6.45, 7) is 2.01. The fourth-order valence-corrected chi connectivity index (χ4v) is 3.39. The van der Waals surface area contributed by atoms with Gasteiger partial charge in [-0.1, -0.05) is 6.07 Å². The Morgan fingerprint density at radius 2 is 1.83 bits per heavy atom. The molecule has 0 radical (unpaired) electrons. The minimum atomic E-state index is -0.123. The molecule has 1 saturated carbocycles. The number of amides is 1. The summed E-state index contributed by atoms with van der Waals surface area (Å²) in [6.07, 6.45) is 5.08. The molecule has 0 bridgehead atoms. The molecule has 4 heteroatoms. The van der Waals surface area contributed by atoms with Crippen molar-refractivity contribution < 1.29 is 9.53 Å². The fraction of sp³-hybridized carbons (Fsp3) is 0.316. The average Bonchev–Trinajstić information content (AvgIpc) is 3.04. The average molecular weight is 374 g/mol. The molecule has 3 rings (SSSR count). The molecule has 0 spiro atoms. The molecule has 1 aliphatic carbocycles. The van der Waals surface area contributed by atoms with Crippen LogP contribution in [-0.2, 0) is 0 Å². The van der Waals surface area contributed by atoms with Crippen LogP contribution in [0.2, 0.25) is 0 Å². The highest BCUT2D eigenvalue weighted by molar-refractivity contribution is 9.10. The van der Waals surface area contributed by atoms with Crippen molar-refractivity contribution in [1.29, 1.82) is 0 Å². The second-order valence-corrected chi connectivity index (χ2v) is 6.84. The van der Waals surface area contributed by atoms with Crippen LogP contribution in [0.4, 0.5) is 5.69 Å². The zero-order valence-electron chi connectivity index (χ0n) is 13.1. The van der Waals surface area contributed by atoms with Gasteiger partial charge >= 0.3 is 0 Å². The number of carbonyl (C=O) groups is 1. The van der Waals surface area contributed by atoms with Gasteiger partial charge < -0.3 is 10.1 Å². The van der Waals surface area contributed by atoms with Crippen LogP contribution in [0.3, 0.4) is 0 Å². The topological polar surface area (TPSA) is 38.3 Å². The zero-order valence-corrected chi connectivity index (χ0v) is 14.7. The molecular weight excluding hydrogens is 354 g/mol. The van der Waals surface area contributed by atoms with Crippen LogP contribution in [0.15, 0.2) is 46.9 Å². The molecule has 0 aromatic heterocycles. The van der Waals surface area contributed by atoms with Crippen LogP contribution in [0.25, 0.3) is 0 Å². The molecule has 2 aromatic rings. The number of aryl methyl sites for hydroxylation is 1. The lowest BCUT2D eigenvalue weighted by Gasteiger charge is -2.13. The lowest BCUT2D eigenvalue weighted by atomic mass is 10.2. The van der Waals surface area contributed by atoms with Crippen LogP contribution < -0.4 is 10.1 Å². The first-order valence-electron chi connectivity index (χ1n) is 7.96. The molecule has 1 N–H and O–H groups in total. The Balaban J connectivity index is 1.65. The first-order valence-corrected chi connectivity index (χ1v) is 8.75. The predicted octanol–water partition coefficient (Wildman–Crippen LogP) is 5.33. The Morgan fingerprint density at radius 1 is 1.13 bits per heavy atom. The first kappa shape index (κ1) is 16.1. The summed E-state index contributed by atoms with van der Waals surface area (Å²) in [5.41, 5.74) is 2.53. The molecule has 23 heavy (non-hydrogen) atoms. The van der Waals surface area contributed by atoms with E-state index in [1.165, 1.54) is 12.8 Å². The van der Waals surface area contributed by atoms with Crippen molar-refractivity contribution in [1.82, 2.24) is 0 Å². The highest BCUT2D eigenvalue weighted by Crippen LogP contribution is 2.26. The number of halogens is 1. The Labute approximate surface area is 145 Å². The molecule has 0 unspecified atom stereocenters. The summed E-state index contributed by atoms with van der Waals surface area (Å²) in [5.74, 6) is 0.715. The van der Waals surface area contributed by atoms with E-state index in [1.54, 1.807) is 0 Å². The van der Waals surface area contributed by atoms with E-state index >= 15 is 0 Å². The van der Waals surface area contributed by atoms with Gasteiger partial charge in [-0.2, -0.15) is 0 Å². The Hall–Kier alpha value is -1.81. The third kappa shape index (κ3) is 4.14. The third-order valence-electron chi connectivity index (χ3n) is 4.09. The SMILES string of the molecule is Cc1ccc(NC(=O)c2ccc(OC3CCCC3)cc2)c(Br)c1. The van der Waals surface area contributed by atoms with Crippen molar-refractivity contribution in [3.63, 3.8) is 0 Å². The predicted molar refractivity (Wildman–Crippen MR) is 96.2 cm³/mol. The second-order valence-electron chi connectivity index (χ2n) is 5.99. The summed E-state index contributed by atoms with van der Waals surface area (Å²) in [6, 6.07) is 13.2. The van der Waals surface area contributed by atoms with Crippen molar-refractivity contribution in [2.75, 3.05) is 5.32 Å². The van der Waals surface area contributed by atoms with Crippen LogP contribution in [-0.4, -0.2) is 12.0 Å². The van der Waals surface area contributed by atoms with E-state index in [1.807, 2.05) is 49.4 Å². The Bertz CT molecular complexity index is 691. The lowest BCUT2D eigenvalue weighted by Crippen LogP contribution is -2.13. The number of hydrogen-bond acceptors (Lipinski definition) is 2. The molecule has 1 amide bonds. The monoisotopic (exact) mass is 373 g/mol. The summed E-state index contributed by atoms with van der Waals surface area (Å²) < 4.78 is 6.80. The van der Waals surface area contributed by atoms with Crippen molar-refractivity contribution in [2.45, 2.75) is 38.7 Å². The van der Waals surface area contributed by atoms with E-state index < -0.39 is 0 Å². The number of anilines is 1. The number of nitrogens with one attached hydrogen (secondary N) is 1. The second kappa shape index (κ2) is 7.18. The highest BCUT2D eigenvalue weighted by Gasteiger charge is 2.16. The molecule has 3 nitrogen and oxygen atoms in total. The molecule has 1 aliphatic rings. The number of hydrogen-bond donors (Lipinski definition) is 1. The largest absolute Gasteiger partial charge is 0.490 e. The minimum absolute atomic E-state index is 0.123. The van der Waals surface area contributed by atoms with E-state index in [2.05, 4.69) is 21.2 Å². The maximum Gasteiger partial charge on any atom is 0.255 e. The van der Waals surface area contributed by atoms with E-state index in [0.29, 0.717) is 11.7 Å². The number of ether oxygens (including phenoxy) is 1. The van der Waals surface area contributed by atoms with Gasteiger partial charge in [0.2, 0.25) is 0 Å². The van der Waals surface area contributed by atoms with Gasteiger partial charge in [-0.25, -0.2) is 0 Å². The number of carbonyl (C=O) groups excluding carboxylic acids is 1. The first-order chi connectivity index (χ1) is 11.1. The molecular formula is C19H20BrNO2. The summed E-state index contributed by atoms with van der Waals surface area (Å²) in [7, 11) is 0. The molecule has 120 valence electrons. The van der Waals surface area contributed by atoms with E-state index in [4.69, 9.17) is 4.74 Å². The van der Waals surface area contributed by atoms with Gasteiger partial charge in [-0.15, -0.1) is 0 Å². The minimum Gasteiger partial charge on any atom is -0.490 e. The quantitative estimate of drug-likeness (QED) is 0.786. The Morgan fingerprint density at radius 3 is 2.48 bits per heavy atom. The van der Waals surface area contributed by atoms with Gasteiger partial charge in [0.1, 0.15) is 5.75 Å². The van der Waals surface area contributed by atoms with Gasteiger partial charge in [0, 0.05) is 10.0 Å². The maximum absolute atomic E-state index is 12.3. The van der Waals surface area contributed by atoms with Crippen molar-refractivity contribution in [3.8, 4) is 5.75 Å². The van der Waals surface area contributed by atoms with E-state index in [0.717, 1.165) is 34.3 Å². The van der Waals surface area contributed by atoms with Crippen molar-refractivity contribution >= 4 is 27.5 Å². The van der Waals surface area contributed by atoms with E-state index in [9.17, 15) is 4.79 Å². The van der Waals surface area contributed by atoms with Gasteiger partial charge in [-0.3, -0.25) is 4.79 Å². The van der Waals surface area contributed by atoms with Crippen LogP contribution in [0, 0.1) is 6.92 Å². The summed E-state index contributed by atoms with van der Waals surface area (Å²) in [4.78, 5) is 12.3. The van der Waals surface area contributed by atoms with Crippen LogP contribution >= 0.6 is 15.9 Å². The van der Waals surface area contributed by atoms with Crippen LogP contribution in [0.5, 0.6) is 5.75 Å². The van der Waals surface area contributed by atoms with Gasteiger partial charge in [-0.05, 0) is 90.5 Å². The molecule has 2 aromatic carbocycles. The van der Waals surface area contributed by atoms with E-state index in [-0.39, 0.29) is 5.91 Å². The molecule has 0 aliphatic heterocycles. The van der Waals surface area contributed by atoms with Gasteiger partial charge in [0.05, 0.1) is 11.8 Å². The lowest BCUT2D eigenvalue weighted by molar-refractivity contribution is 0.102. The maximum atomic E-state index is 12.3. The van der Waals surface area contributed by atoms with Crippen molar-refractivity contribution in [3.05, 3.63) is 58.1 Å². The smallest absolute Gasteiger partial charge is 0.255 e. The summed E-state index contributed by atoms with van der Waals surface area (Å²) in [5, 5.41) is 2.92. The molecule has 0 heterocycles. The van der Waals surface area contributed by atoms with Crippen molar-refractivity contribution in [2.24, 2.45) is 0 Å². The number of benzene rings is 2.